The minimum Gasteiger partial charge on any atom is -0.316 e. The van der Waals surface area contributed by atoms with Gasteiger partial charge in [-0.15, -0.1) is 11.3 Å². The van der Waals surface area contributed by atoms with Crippen LogP contribution < -0.4 is 5.32 Å². The van der Waals surface area contributed by atoms with E-state index in [4.69, 9.17) is 0 Å². The normalized spacial score (nSPS) is 17.7. The summed E-state index contributed by atoms with van der Waals surface area (Å²) in [6, 6.07) is 0. The molecular formula is C8H12N2S2. The first-order valence-corrected chi connectivity index (χ1v) is 6.04. The van der Waals surface area contributed by atoms with Crippen LogP contribution in [0.15, 0.2) is 15.9 Å². The zero-order valence-corrected chi connectivity index (χ0v) is 8.46. The Kier molecular flexibility index (Phi) is 3.03. The van der Waals surface area contributed by atoms with Gasteiger partial charge in [0.15, 0.2) is 0 Å². The summed E-state index contributed by atoms with van der Waals surface area (Å²) in [5, 5.41) is 5.32. The van der Waals surface area contributed by atoms with Crippen molar-refractivity contribution in [3.63, 3.8) is 0 Å². The third-order valence-electron chi connectivity index (χ3n) is 2.03. The summed E-state index contributed by atoms with van der Waals surface area (Å²) in [7, 11) is 0. The summed E-state index contributed by atoms with van der Waals surface area (Å²) in [5.41, 5.74) is 0. The van der Waals surface area contributed by atoms with Crippen molar-refractivity contribution in [2.75, 3.05) is 18.8 Å². The molecule has 12 heavy (non-hydrogen) atoms. The van der Waals surface area contributed by atoms with Gasteiger partial charge < -0.3 is 5.32 Å². The van der Waals surface area contributed by atoms with Gasteiger partial charge in [-0.3, -0.25) is 0 Å². The number of nitrogens with zero attached hydrogens (tertiary/aromatic N) is 1. The second-order valence-electron chi connectivity index (χ2n) is 2.96. The molecule has 1 N–H and O–H groups in total. The number of hydrogen-bond donors (Lipinski definition) is 1. The van der Waals surface area contributed by atoms with Crippen molar-refractivity contribution in [2.45, 2.75) is 10.8 Å². The molecular weight excluding hydrogens is 188 g/mol. The van der Waals surface area contributed by atoms with Gasteiger partial charge >= 0.3 is 0 Å². The van der Waals surface area contributed by atoms with E-state index >= 15 is 0 Å². The second-order valence-corrected chi connectivity index (χ2v) is 5.20. The van der Waals surface area contributed by atoms with Gasteiger partial charge in [-0.1, -0.05) is 11.8 Å². The minimum atomic E-state index is 0.928. The summed E-state index contributed by atoms with van der Waals surface area (Å²) in [4.78, 5) is 4.22. The Morgan fingerprint density at radius 1 is 1.67 bits per heavy atom. The van der Waals surface area contributed by atoms with Gasteiger partial charge in [-0.25, -0.2) is 4.98 Å². The van der Waals surface area contributed by atoms with Crippen LogP contribution in [0.3, 0.4) is 0 Å². The van der Waals surface area contributed by atoms with Gasteiger partial charge in [0.05, 0.1) is 0 Å². The lowest BCUT2D eigenvalue weighted by atomic mass is 10.0. The van der Waals surface area contributed by atoms with Crippen LogP contribution in [0.25, 0.3) is 0 Å². The Hall–Kier alpha value is -0.0600. The van der Waals surface area contributed by atoms with Crippen LogP contribution in [0.2, 0.25) is 0 Å². The van der Waals surface area contributed by atoms with Crippen molar-refractivity contribution in [3.8, 4) is 0 Å². The summed E-state index contributed by atoms with van der Waals surface area (Å²) in [6.07, 6.45) is 3.20. The van der Waals surface area contributed by atoms with E-state index < -0.39 is 0 Å². The highest BCUT2D eigenvalue weighted by molar-refractivity contribution is 8.00. The molecule has 0 atom stereocenters. The Bertz CT molecular complexity index is 219. The fourth-order valence-corrected chi connectivity index (χ4v) is 2.96. The average Bonchev–Trinajstić information content (AvgIpc) is 2.46. The largest absolute Gasteiger partial charge is 0.316 e. The molecule has 1 aromatic rings. The third-order valence-corrected chi connectivity index (χ3v) is 4.03. The number of thioether (sulfide) groups is 1. The van der Waals surface area contributed by atoms with Gasteiger partial charge in [0.1, 0.15) is 4.34 Å². The first-order valence-electron chi connectivity index (χ1n) is 4.18. The van der Waals surface area contributed by atoms with Crippen molar-refractivity contribution in [1.82, 2.24) is 10.3 Å². The van der Waals surface area contributed by atoms with Gasteiger partial charge in [0, 0.05) is 17.3 Å². The van der Waals surface area contributed by atoms with E-state index in [-0.39, 0.29) is 0 Å². The highest BCUT2D eigenvalue weighted by atomic mass is 32.2. The molecule has 1 fully saturated rings. The number of nitrogens with one attached hydrogen (secondary N) is 1. The second kappa shape index (κ2) is 4.25. The highest BCUT2D eigenvalue weighted by Gasteiger charge is 2.15. The minimum absolute atomic E-state index is 0.928. The molecule has 2 nitrogen and oxygen atoms in total. The molecule has 2 rings (SSSR count). The maximum absolute atomic E-state index is 4.22. The van der Waals surface area contributed by atoms with E-state index in [1.807, 2.05) is 23.3 Å². The standard InChI is InChI=1S/C8H12N2S2/c1(7-5-9-6-7)3-11-8-10-2-4-12-8/h2,4,7,9H,1,3,5-6H2. The van der Waals surface area contributed by atoms with Crippen molar-refractivity contribution in [3.05, 3.63) is 11.6 Å². The summed E-state index contributed by atoms with van der Waals surface area (Å²) in [6.45, 7) is 2.44. The maximum atomic E-state index is 4.22. The number of thiazole rings is 1. The maximum Gasteiger partial charge on any atom is 0.149 e. The first kappa shape index (κ1) is 8.53. The number of hydrogen-bond acceptors (Lipinski definition) is 4. The Morgan fingerprint density at radius 3 is 3.17 bits per heavy atom. The fourth-order valence-electron chi connectivity index (χ4n) is 1.15. The predicted octanol–water partition coefficient (Wildman–Crippen LogP) is 1.84. The van der Waals surface area contributed by atoms with Crippen LogP contribution in [0.1, 0.15) is 6.42 Å². The van der Waals surface area contributed by atoms with Crippen molar-refractivity contribution in [2.24, 2.45) is 5.92 Å². The lowest BCUT2D eigenvalue weighted by molar-refractivity contribution is 0.341. The Balaban J connectivity index is 1.62. The molecule has 0 unspecified atom stereocenters. The SMILES string of the molecule is c1csc(SCCC2CNC2)n1. The molecule has 1 aliphatic rings. The highest BCUT2D eigenvalue weighted by Crippen LogP contribution is 2.23. The number of aromatic nitrogens is 1. The molecule has 0 aliphatic carbocycles. The third kappa shape index (κ3) is 2.21. The molecule has 0 aromatic carbocycles. The van der Waals surface area contributed by atoms with Crippen LogP contribution in [0.4, 0.5) is 0 Å². The van der Waals surface area contributed by atoms with Crippen molar-refractivity contribution < 1.29 is 0 Å². The quantitative estimate of drug-likeness (QED) is 0.751. The van der Waals surface area contributed by atoms with Crippen molar-refractivity contribution >= 4 is 23.1 Å². The topological polar surface area (TPSA) is 24.9 Å². The monoisotopic (exact) mass is 200 g/mol. The molecule has 0 spiro atoms. The van der Waals surface area contributed by atoms with Crippen molar-refractivity contribution in [1.29, 1.82) is 0 Å². The molecule has 0 saturated carbocycles. The summed E-state index contributed by atoms with van der Waals surface area (Å²) >= 11 is 3.62. The molecule has 1 aromatic heterocycles. The fraction of sp³-hybridized carbons (Fsp3) is 0.625. The zero-order valence-electron chi connectivity index (χ0n) is 6.82. The molecule has 0 bridgehead atoms. The van der Waals surface area contributed by atoms with E-state index in [2.05, 4.69) is 10.3 Å². The van der Waals surface area contributed by atoms with Crippen LogP contribution >= 0.6 is 23.1 Å². The number of rotatable bonds is 4. The lowest BCUT2D eigenvalue weighted by Gasteiger charge is -2.26. The van der Waals surface area contributed by atoms with E-state index in [0.717, 1.165) is 5.92 Å². The van der Waals surface area contributed by atoms with E-state index in [0.29, 0.717) is 0 Å². The molecule has 1 aliphatic heterocycles. The Labute approximate surface area is 80.8 Å². The zero-order chi connectivity index (χ0) is 8.23. The van der Waals surface area contributed by atoms with Gasteiger partial charge in [0.2, 0.25) is 0 Å². The average molecular weight is 200 g/mol. The predicted molar refractivity (Wildman–Crippen MR) is 53.8 cm³/mol. The van der Waals surface area contributed by atoms with Gasteiger partial charge in [-0.05, 0) is 25.4 Å². The smallest absolute Gasteiger partial charge is 0.149 e. The summed E-state index contributed by atoms with van der Waals surface area (Å²) in [5.74, 6) is 2.15. The van der Waals surface area contributed by atoms with E-state index in [1.54, 1.807) is 11.3 Å². The van der Waals surface area contributed by atoms with Crippen LogP contribution in [0, 0.1) is 5.92 Å². The molecule has 2 heterocycles. The van der Waals surface area contributed by atoms with Crippen LogP contribution in [0.5, 0.6) is 0 Å². The molecule has 1 saturated heterocycles. The molecule has 0 radical (unpaired) electrons. The molecule has 0 amide bonds. The molecule has 4 heteroatoms. The van der Waals surface area contributed by atoms with E-state index in [1.165, 1.54) is 29.6 Å². The van der Waals surface area contributed by atoms with Gasteiger partial charge in [-0.2, -0.15) is 0 Å². The lowest BCUT2D eigenvalue weighted by Crippen LogP contribution is -2.42. The first-order chi connectivity index (χ1) is 5.95. The molecule has 66 valence electrons. The Morgan fingerprint density at radius 2 is 2.58 bits per heavy atom. The van der Waals surface area contributed by atoms with Gasteiger partial charge in [0.25, 0.3) is 0 Å². The van der Waals surface area contributed by atoms with E-state index in [9.17, 15) is 0 Å². The summed E-state index contributed by atoms with van der Waals surface area (Å²) < 4.78 is 1.21. The van der Waals surface area contributed by atoms with Crippen LogP contribution in [-0.4, -0.2) is 23.8 Å². The van der Waals surface area contributed by atoms with Crippen LogP contribution in [-0.2, 0) is 0 Å².